The van der Waals surface area contributed by atoms with Crippen molar-refractivity contribution in [2.75, 3.05) is 11.9 Å². The first-order valence-corrected chi connectivity index (χ1v) is 6.36. The SMILES string of the molecule is O=C(CNCc1ccon1)Nc1cc(C(=O)O)ccc1Cl. The highest BCUT2D eigenvalue weighted by atomic mass is 35.5. The summed E-state index contributed by atoms with van der Waals surface area (Å²) in [5, 5.41) is 18.3. The van der Waals surface area contributed by atoms with Crippen molar-refractivity contribution in [3.8, 4) is 0 Å². The molecule has 0 radical (unpaired) electrons. The molecule has 0 saturated heterocycles. The number of anilines is 1. The van der Waals surface area contributed by atoms with E-state index in [0.29, 0.717) is 12.2 Å². The Morgan fingerprint density at radius 2 is 2.14 bits per heavy atom. The van der Waals surface area contributed by atoms with Gasteiger partial charge in [-0.1, -0.05) is 16.8 Å². The molecule has 0 fully saturated rings. The average Bonchev–Trinajstić information content (AvgIpc) is 2.94. The lowest BCUT2D eigenvalue weighted by molar-refractivity contribution is -0.115. The molecular weight excluding hydrogens is 298 g/mol. The molecule has 1 aromatic heterocycles. The van der Waals surface area contributed by atoms with E-state index in [4.69, 9.17) is 16.7 Å². The van der Waals surface area contributed by atoms with Crippen molar-refractivity contribution in [2.24, 2.45) is 0 Å². The largest absolute Gasteiger partial charge is 0.478 e. The molecule has 1 aromatic carbocycles. The minimum atomic E-state index is -1.09. The molecule has 21 heavy (non-hydrogen) atoms. The standard InChI is InChI=1S/C13H12ClN3O4/c14-10-2-1-8(13(19)20)5-11(10)16-12(18)7-15-6-9-3-4-21-17-9/h1-5,15H,6-7H2,(H,16,18)(H,19,20). The molecule has 3 N–H and O–H groups in total. The van der Waals surface area contributed by atoms with Gasteiger partial charge in [-0.3, -0.25) is 4.79 Å². The highest BCUT2D eigenvalue weighted by Gasteiger charge is 2.10. The van der Waals surface area contributed by atoms with Crippen LogP contribution in [0.5, 0.6) is 0 Å². The third-order valence-corrected chi connectivity index (χ3v) is 2.90. The van der Waals surface area contributed by atoms with Crippen LogP contribution >= 0.6 is 11.6 Å². The summed E-state index contributed by atoms with van der Waals surface area (Å²) in [5.74, 6) is -1.44. The molecule has 110 valence electrons. The zero-order chi connectivity index (χ0) is 15.2. The highest BCUT2D eigenvalue weighted by molar-refractivity contribution is 6.33. The van der Waals surface area contributed by atoms with Gasteiger partial charge in [0.25, 0.3) is 0 Å². The van der Waals surface area contributed by atoms with Crippen LogP contribution in [0.15, 0.2) is 35.1 Å². The first-order chi connectivity index (χ1) is 10.1. The number of nitrogens with zero attached hydrogens (tertiary/aromatic N) is 1. The Hall–Kier alpha value is -2.38. The van der Waals surface area contributed by atoms with Crippen LogP contribution in [0.4, 0.5) is 5.69 Å². The fourth-order valence-corrected chi connectivity index (χ4v) is 1.75. The van der Waals surface area contributed by atoms with Crippen LogP contribution in [0.3, 0.4) is 0 Å². The molecule has 0 spiro atoms. The van der Waals surface area contributed by atoms with Crippen LogP contribution in [0.1, 0.15) is 16.1 Å². The number of nitrogens with one attached hydrogen (secondary N) is 2. The van der Waals surface area contributed by atoms with E-state index in [9.17, 15) is 9.59 Å². The van der Waals surface area contributed by atoms with Crippen molar-refractivity contribution < 1.29 is 19.2 Å². The average molecular weight is 310 g/mol. The molecule has 0 aliphatic rings. The van der Waals surface area contributed by atoms with E-state index >= 15 is 0 Å². The summed E-state index contributed by atoms with van der Waals surface area (Å²) in [6, 6.07) is 5.77. The van der Waals surface area contributed by atoms with Gasteiger partial charge < -0.3 is 20.3 Å². The predicted molar refractivity (Wildman–Crippen MR) is 75.3 cm³/mol. The van der Waals surface area contributed by atoms with Gasteiger partial charge in [-0.2, -0.15) is 0 Å². The number of aromatic carboxylic acids is 1. The molecule has 0 aliphatic heterocycles. The Morgan fingerprint density at radius 3 is 2.81 bits per heavy atom. The molecule has 2 aromatic rings. The van der Waals surface area contributed by atoms with Crippen molar-refractivity contribution in [1.82, 2.24) is 10.5 Å². The lowest BCUT2D eigenvalue weighted by atomic mass is 10.2. The Bertz CT molecular complexity index is 643. The van der Waals surface area contributed by atoms with Gasteiger partial charge in [-0.25, -0.2) is 4.79 Å². The monoisotopic (exact) mass is 309 g/mol. The summed E-state index contributed by atoms with van der Waals surface area (Å²) in [5.41, 5.74) is 0.976. The predicted octanol–water partition coefficient (Wildman–Crippen LogP) is 1.75. The van der Waals surface area contributed by atoms with Gasteiger partial charge in [0.15, 0.2) is 0 Å². The summed E-state index contributed by atoms with van der Waals surface area (Å²) in [7, 11) is 0. The van der Waals surface area contributed by atoms with Gasteiger partial charge in [0.05, 0.1) is 28.5 Å². The van der Waals surface area contributed by atoms with Crippen molar-refractivity contribution in [1.29, 1.82) is 0 Å². The van der Waals surface area contributed by atoms with Crippen LogP contribution in [0.2, 0.25) is 5.02 Å². The number of hydrogen-bond acceptors (Lipinski definition) is 5. The van der Waals surface area contributed by atoms with Gasteiger partial charge in [0.2, 0.25) is 5.91 Å². The second kappa shape index (κ2) is 6.87. The summed E-state index contributed by atoms with van der Waals surface area (Å²) in [6.07, 6.45) is 1.44. The number of rotatable bonds is 6. The van der Waals surface area contributed by atoms with Crippen molar-refractivity contribution >= 4 is 29.2 Å². The second-order valence-corrected chi connectivity index (χ2v) is 4.55. The number of carbonyl (C=O) groups excluding carboxylic acids is 1. The molecule has 0 bridgehead atoms. The summed E-state index contributed by atoms with van der Waals surface area (Å²) >= 11 is 5.91. The van der Waals surface area contributed by atoms with Gasteiger partial charge >= 0.3 is 5.97 Å². The minimum absolute atomic E-state index is 0.0283. The Kier molecular flexibility index (Phi) is 4.91. The number of hydrogen-bond donors (Lipinski definition) is 3. The molecule has 0 atom stereocenters. The number of carbonyl (C=O) groups is 2. The maximum atomic E-state index is 11.8. The number of amides is 1. The van der Waals surface area contributed by atoms with E-state index in [1.54, 1.807) is 6.07 Å². The molecule has 8 heteroatoms. The van der Waals surface area contributed by atoms with E-state index in [2.05, 4.69) is 20.3 Å². The minimum Gasteiger partial charge on any atom is -0.478 e. The number of carboxylic acids is 1. The highest BCUT2D eigenvalue weighted by Crippen LogP contribution is 2.22. The van der Waals surface area contributed by atoms with E-state index in [1.807, 2.05) is 0 Å². The zero-order valence-electron chi connectivity index (χ0n) is 10.8. The molecule has 7 nitrogen and oxygen atoms in total. The van der Waals surface area contributed by atoms with Crippen LogP contribution in [0.25, 0.3) is 0 Å². The van der Waals surface area contributed by atoms with Crippen LogP contribution in [0, 0.1) is 0 Å². The van der Waals surface area contributed by atoms with E-state index in [-0.39, 0.29) is 28.7 Å². The Balaban J connectivity index is 1.90. The lowest BCUT2D eigenvalue weighted by Gasteiger charge is -2.08. The summed E-state index contributed by atoms with van der Waals surface area (Å²) in [6.45, 7) is 0.410. The van der Waals surface area contributed by atoms with Crippen molar-refractivity contribution in [3.05, 3.63) is 46.8 Å². The molecule has 0 unspecified atom stereocenters. The van der Waals surface area contributed by atoms with Crippen LogP contribution < -0.4 is 10.6 Å². The van der Waals surface area contributed by atoms with E-state index < -0.39 is 5.97 Å². The quantitative estimate of drug-likeness (QED) is 0.751. The van der Waals surface area contributed by atoms with Crippen molar-refractivity contribution in [2.45, 2.75) is 6.54 Å². The number of halogens is 1. The van der Waals surface area contributed by atoms with E-state index in [1.165, 1.54) is 24.5 Å². The number of benzene rings is 1. The molecular formula is C13H12ClN3O4. The van der Waals surface area contributed by atoms with E-state index in [0.717, 1.165) is 0 Å². The van der Waals surface area contributed by atoms with Crippen LogP contribution in [-0.4, -0.2) is 28.7 Å². The maximum absolute atomic E-state index is 11.8. The van der Waals surface area contributed by atoms with Gasteiger partial charge in [-0.15, -0.1) is 0 Å². The lowest BCUT2D eigenvalue weighted by Crippen LogP contribution is -2.28. The zero-order valence-corrected chi connectivity index (χ0v) is 11.6. The first-order valence-electron chi connectivity index (χ1n) is 5.99. The van der Waals surface area contributed by atoms with Crippen molar-refractivity contribution in [3.63, 3.8) is 0 Å². The van der Waals surface area contributed by atoms with Gasteiger partial charge in [0.1, 0.15) is 6.26 Å². The summed E-state index contributed by atoms with van der Waals surface area (Å²) in [4.78, 5) is 22.6. The maximum Gasteiger partial charge on any atom is 0.335 e. The molecule has 1 heterocycles. The summed E-state index contributed by atoms with van der Waals surface area (Å²) < 4.78 is 4.66. The third-order valence-electron chi connectivity index (χ3n) is 2.57. The normalized spacial score (nSPS) is 10.3. The fourth-order valence-electron chi connectivity index (χ4n) is 1.58. The molecule has 0 saturated carbocycles. The number of aromatic nitrogens is 1. The number of carboxylic acid groups (broad SMARTS) is 1. The smallest absolute Gasteiger partial charge is 0.335 e. The Labute approximate surface area is 124 Å². The fraction of sp³-hybridized carbons (Fsp3) is 0.154. The molecule has 2 rings (SSSR count). The van der Waals surface area contributed by atoms with Gasteiger partial charge in [0, 0.05) is 12.6 Å². The molecule has 1 amide bonds. The topological polar surface area (TPSA) is 104 Å². The molecule has 0 aliphatic carbocycles. The third kappa shape index (κ3) is 4.30. The van der Waals surface area contributed by atoms with Gasteiger partial charge in [-0.05, 0) is 18.2 Å². The second-order valence-electron chi connectivity index (χ2n) is 4.14. The van der Waals surface area contributed by atoms with Crippen LogP contribution in [-0.2, 0) is 11.3 Å². The first kappa shape index (κ1) is 15.0. The Morgan fingerprint density at radius 1 is 1.33 bits per heavy atom.